The molecule has 0 aromatic heterocycles. The molecule has 0 aliphatic heterocycles. The third-order valence-corrected chi connectivity index (χ3v) is 3.74. The van der Waals surface area contributed by atoms with Crippen LogP contribution >= 0.6 is 11.6 Å². The Morgan fingerprint density at radius 1 is 1.12 bits per heavy atom. The summed E-state index contributed by atoms with van der Waals surface area (Å²) < 4.78 is 10.1. The van der Waals surface area contributed by atoms with E-state index in [0.29, 0.717) is 29.9 Å². The van der Waals surface area contributed by atoms with Crippen molar-refractivity contribution in [3.05, 3.63) is 53.1 Å². The summed E-state index contributed by atoms with van der Waals surface area (Å²) in [6.45, 7) is 1.93. The summed E-state index contributed by atoms with van der Waals surface area (Å²) in [5.74, 6) is 0.936. The molecule has 0 heterocycles. The molecule has 0 fully saturated rings. The molecule has 6 nitrogen and oxygen atoms in total. The Bertz CT molecular complexity index is 705. The quantitative estimate of drug-likeness (QED) is 0.381. The molecule has 7 heteroatoms. The molecule has 0 amide bonds. The molecule has 0 atom stereocenters. The predicted octanol–water partition coefficient (Wildman–Crippen LogP) is 3.33. The first-order valence-corrected chi connectivity index (χ1v) is 8.22. The topological polar surface area (TPSA) is 80.9 Å². The Labute approximate surface area is 153 Å². The number of rotatable bonds is 8. The summed E-state index contributed by atoms with van der Waals surface area (Å²) in [5.41, 5.74) is 8.79. The molecular weight excluding hydrogens is 340 g/mol. The van der Waals surface area contributed by atoms with Crippen molar-refractivity contribution < 1.29 is 9.47 Å². The van der Waals surface area contributed by atoms with Crippen LogP contribution in [0.5, 0.6) is 5.75 Å². The van der Waals surface area contributed by atoms with Crippen molar-refractivity contribution in [2.24, 2.45) is 10.7 Å². The van der Waals surface area contributed by atoms with Crippen LogP contribution in [-0.2, 0) is 11.3 Å². The maximum atomic E-state index is 6.09. The molecule has 2 rings (SSSR count). The number of guanidine groups is 1. The fourth-order valence-electron chi connectivity index (χ4n) is 2.13. The molecule has 0 bridgehead atoms. The fourth-order valence-corrected chi connectivity index (χ4v) is 2.39. The van der Waals surface area contributed by atoms with Crippen LogP contribution in [0.3, 0.4) is 0 Å². The van der Waals surface area contributed by atoms with Crippen molar-refractivity contribution in [1.82, 2.24) is 0 Å². The normalized spacial score (nSPS) is 11.2. The van der Waals surface area contributed by atoms with E-state index >= 15 is 0 Å². The molecule has 0 spiro atoms. The van der Waals surface area contributed by atoms with Gasteiger partial charge in [-0.25, -0.2) is 4.99 Å². The van der Waals surface area contributed by atoms with Gasteiger partial charge in [0.2, 0.25) is 0 Å². The van der Waals surface area contributed by atoms with E-state index in [4.69, 9.17) is 26.8 Å². The summed E-state index contributed by atoms with van der Waals surface area (Å²) in [4.78, 5) is 4.34. The lowest BCUT2D eigenvalue weighted by Crippen LogP contribution is -2.22. The molecular formula is C18H23ClN4O2. The van der Waals surface area contributed by atoms with E-state index in [1.54, 1.807) is 26.4 Å². The highest BCUT2D eigenvalue weighted by Gasteiger charge is 2.02. The van der Waals surface area contributed by atoms with Crippen LogP contribution in [0.25, 0.3) is 0 Å². The smallest absolute Gasteiger partial charge is 0.193 e. The van der Waals surface area contributed by atoms with Crippen LogP contribution in [0.15, 0.2) is 47.5 Å². The number of nitrogens with two attached hydrogens (primary N) is 1. The summed E-state index contributed by atoms with van der Waals surface area (Å²) in [5, 5.41) is 6.79. The second kappa shape index (κ2) is 9.76. The largest absolute Gasteiger partial charge is 0.495 e. The highest BCUT2D eigenvalue weighted by Crippen LogP contribution is 2.27. The standard InChI is InChI=1S/C18H23ClN4O2/c1-24-10-9-21-14-5-3-13(4-6-14)12-22-18(20)23-15-7-8-17(25-2)16(19)11-15/h3-8,11,21H,9-10,12H2,1-2H3,(H3,20,22,23). The minimum atomic E-state index is 0.323. The first kappa shape index (κ1) is 18.9. The Balaban J connectivity index is 1.89. The van der Waals surface area contributed by atoms with Crippen LogP contribution in [0.1, 0.15) is 5.56 Å². The number of benzene rings is 2. The summed E-state index contributed by atoms with van der Waals surface area (Å²) in [7, 11) is 3.25. The number of ether oxygens (including phenoxy) is 2. The average molecular weight is 363 g/mol. The van der Waals surface area contributed by atoms with Gasteiger partial charge in [0.25, 0.3) is 0 Å². The number of hydrogen-bond acceptors (Lipinski definition) is 4. The Morgan fingerprint density at radius 2 is 1.84 bits per heavy atom. The molecule has 25 heavy (non-hydrogen) atoms. The highest BCUT2D eigenvalue weighted by atomic mass is 35.5. The third-order valence-electron chi connectivity index (χ3n) is 3.45. The molecule has 0 unspecified atom stereocenters. The zero-order valence-electron chi connectivity index (χ0n) is 14.4. The Morgan fingerprint density at radius 3 is 2.48 bits per heavy atom. The number of hydrogen-bond donors (Lipinski definition) is 3. The molecule has 2 aromatic rings. The van der Waals surface area contributed by atoms with Gasteiger partial charge in [-0.2, -0.15) is 0 Å². The molecule has 134 valence electrons. The van der Waals surface area contributed by atoms with E-state index in [9.17, 15) is 0 Å². The van der Waals surface area contributed by atoms with Crippen molar-refractivity contribution in [2.75, 3.05) is 38.0 Å². The lowest BCUT2D eigenvalue weighted by atomic mass is 10.2. The van der Waals surface area contributed by atoms with Gasteiger partial charge >= 0.3 is 0 Å². The van der Waals surface area contributed by atoms with Gasteiger partial charge in [-0.15, -0.1) is 0 Å². The first-order valence-electron chi connectivity index (χ1n) is 7.84. The Kier molecular flexibility index (Phi) is 7.37. The summed E-state index contributed by atoms with van der Waals surface area (Å²) >= 11 is 6.09. The van der Waals surface area contributed by atoms with E-state index in [1.165, 1.54) is 0 Å². The Hall–Kier alpha value is -2.44. The molecule has 0 aliphatic rings. The van der Waals surface area contributed by atoms with Crippen LogP contribution in [0.4, 0.5) is 11.4 Å². The maximum Gasteiger partial charge on any atom is 0.193 e. The van der Waals surface area contributed by atoms with E-state index in [1.807, 2.05) is 30.3 Å². The monoisotopic (exact) mass is 362 g/mol. The molecule has 0 saturated carbocycles. The van der Waals surface area contributed by atoms with E-state index in [2.05, 4.69) is 15.6 Å². The highest BCUT2D eigenvalue weighted by molar-refractivity contribution is 6.32. The zero-order chi connectivity index (χ0) is 18.1. The van der Waals surface area contributed by atoms with Crippen LogP contribution in [0, 0.1) is 0 Å². The fraction of sp³-hybridized carbons (Fsp3) is 0.278. The van der Waals surface area contributed by atoms with Crippen molar-refractivity contribution in [1.29, 1.82) is 0 Å². The van der Waals surface area contributed by atoms with Crippen LogP contribution in [0.2, 0.25) is 5.02 Å². The second-order valence-electron chi connectivity index (χ2n) is 5.29. The lowest BCUT2D eigenvalue weighted by molar-refractivity contribution is 0.211. The van der Waals surface area contributed by atoms with Gasteiger partial charge in [-0.1, -0.05) is 23.7 Å². The van der Waals surface area contributed by atoms with Gasteiger partial charge in [0.05, 0.1) is 25.3 Å². The third kappa shape index (κ3) is 6.17. The first-order chi connectivity index (χ1) is 12.1. The number of aliphatic imine (C=N–C) groups is 1. The van der Waals surface area contributed by atoms with Crippen molar-refractivity contribution in [3.63, 3.8) is 0 Å². The maximum absolute atomic E-state index is 6.09. The summed E-state index contributed by atoms with van der Waals surface area (Å²) in [6, 6.07) is 13.4. The van der Waals surface area contributed by atoms with Gasteiger partial charge < -0.3 is 25.8 Å². The van der Waals surface area contributed by atoms with Gasteiger partial charge in [0, 0.05) is 25.0 Å². The lowest BCUT2D eigenvalue weighted by Gasteiger charge is -2.09. The number of halogens is 1. The number of anilines is 2. The molecule has 0 radical (unpaired) electrons. The van der Waals surface area contributed by atoms with Crippen molar-refractivity contribution in [2.45, 2.75) is 6.54 Å². The molecule has 4 N–H and O–H groups in total. The zero-order valence-corrected chi connectivity index (χ0v) is 15.1. The average Bonchev–Trinajstić information content (AvgIpc) is 2.61. The second-order valence-corrected chi connectivity index (χ2v) is 5.70. The minimum Gasteiger partial charge on any atom is -0.495 e. The van der Waals surface area contributed by atoms with Gasteiger partial charge in [0.15, 0.2) is 5.96 Å². The molecule has 0 aliphatic carbocycles. The van der Waals surface area contributed by atoms with Gasteiger partial charge in [-0.05, 0) is 35.9 Å². The molecule has 0 saturated heterocycles. The SMILES string of the molecule is COCCNc1ccc(CN=C(N)Nc2ccc(OC)c(Cl)c2)cc1. The van der Waals surface area contributed by atoms with Gasteiger partial charge in [0.1, 0.15) is 5.75 Å². The summed E-state index contributed by atoms with van der Waals surface area (Å²) in [6.07, 6.45) is 0. The minimum absolute atomic E-state index is 0.323. The van der Waals surface area contributed by atoms with Crippen LogP contribution < -0.4 is 21.1 Å². The van der Waals surface area contributed by atoms with E-state index in [0.717, 1.165) is 23.5 Å². The van der Waals surface area contributed by atoms with E-state index in [-0.39, 0.29) is 0 Å². The van der Waals surface area contributed by atoms with Crippen LogP contribution in [-0.4, -0.2) is 33.3 Å². The molecule has 2 aromatic carbocycles. The van der Waals surface area contributed by atoms with E-state index < -0.39 is 0 Å². The van der Waals surface area contributed by atoms with Crippen molar-refractivity contribution in [3.8, 4) is 5.75 Å². The number of methoxy groups -OCH3 is 2. The number of nitrogens with zero attached hydrogens (tertiary/aromatic N) is 1. The van der Waals surface area contributed by atoms with Gasteiger partial charge in [-0.3, -0.25) is 0 Å². The van der Waals surface area contributed by atoms with Crippen molar-refractivity contribution >= 4 is 28.9 Å². The predicted molar refractivity (Wildman–Crippen MR) is 104 cm³/mol. The number of nitrogens with one attached hydrogen (secondary N) is 2.